The minimum Gasteiger partial charge on any atom is -0.0654 e. The Balaban J connectivity index is 1.12. The summed E-state index contributed by atoms with van der Waals surface area (Å²) in [5, 5.41) is 0. The van der Waals surface area contributed by atoms with Crippen LogP contribution < -0.4 is 0 Å². The van der Waals surface area contributed by atoms with Crippen molar-refractivity contribution in [2.75, 3.05) is 0 Å². The van der Waals surface area contributed by atoms with Gasteiger partial charge >= 0.3 is 0 Å². The smallest absolute Gasteiger partial charge is 0.0159 e. The second-order valence-electron chi connectivity index (χ2n) is 11.4. The maximum absolute atomic E-state index is 2.37. The Kier molecular flexibility index (Phi) is 8.76. The van der Waals surface area contributed by atoms with Gasteiger partial charge in [-0.15, -0.1) is 0 Å². The highest BCUT2D eigenvalue weighted by Gasteiger charge is 2.36. The number of rotatable bonds is 9. The Labute approximate surface area is 187 Å². The molecule has 4 unspecified atom stereocenters. The van der Waals surface area contributed by atoms with E-state index in [1.807, 2.05) is 0 Å². The van der Waals surface area contributed by atoms with Gasteiger partial charge in [0.25, 0.3) is 0 Å². The number of hydrogen-bond acceptors (Lipinski definition) is 0. The van der Waals surface area contributed by atoms with Crippen molar-refractivity contribution >= 4 is 0 Å². The van der Waals surface area contributed by atoms with Crippen molar-refractivity contribution in [2.24, 2.45) is 29.6 Å². The standard InChI is InChI=1S/C30H48/c1-2-3-4-6-9-24-12-14-25(15-13-24)16-17-26-18-19-30-23-29(21-20-28(30)22-26)27-10-7-5-8-11-27/h5,7-8,10-11,24-26,28-30H,2-4,6,9,12-23H2,1H3. The number of unbranched alkanes of at least 4 members (excludes halogenated alkanes) is 3. The van der Waals surface area contributed by atoms with E-state index in [1.165, 1.54) is 64.2 Å². The van der Waals surface area contributed by atoms with Crippen molar-refractivity contribution in [3.8, 4) is 0 Å². The monoisotopic (exact) mass is 408 g/mol. The molecule has 0 nitrogen and oxygen atoms in total. The van der Waals surface area contributed by atoms with Gasteiger partial charge in [-0.05, 0) is 73.2 Å². The first-order valence-electron chi connectivity index (χ1n) is 13.9. The summed E-state index contributed by atoms with van der Waals surface area (Å²) in [4.78, 5) is 0. The lowest BCUT2D eigenvalue weighted by atomic mass is 9.63. The molecule has 0 radical (unpaired) electrons. The second kappa shape index (κ2) is 11.7. The zero-order valence-electron chi connectivity index (χ0n) is 19.9. The van der Waals surface area contributed by atoms with Gasteiger partial charge in [-0.2, -0.15) is 0 Å². The zero-order chi connectivity index (χ0) is 20.6. The normalized spacial score (nSPS) is 34.4. The molecule has 4 rings (SSSR count). The van der Waals surface area contributed by atoms with Crippen LogP contribution in [0.15, 0.2) is 30.3 Å². The van der Waals surface area contributed by atoms with E-state index in [2.05, 4.69) is 37.3 Å². The lowest BCUT2D eigenvalue weighted by Crippen LogP contribution is -2.30. The van der Waals surface area contributed by atoms with Crippen LogP contribution in [0.1, 0.15) is 128 Å². The zero-order valence-corrected chi connectivity index (χ0v) is 19.9. The van der Waals surface area contributed by atoms with Gasteiger partial charge in [-0.1, -0.05) is 114 Å². The van der Waals surface area contributed by atoms with Crippen LogP contribution in [-0.4, -0.2) is 0 Å². The van der Waals surface area contributed by atoms with Crippen LogP contribution in [0.25, 0.3) is 0 Å². The van der Waals surface area contributed by atoms with Gasteiger partial charge in [0, 0.05) is 0 Å². The van der Waals surface area contributed by atoms with Gasteiger partial charge in [0.15, 0.2) is 0 Å². The molecule has 0 aromatic heterocycles. The molecule has 0 amide bonds. The molecule has 1 aromatic rings. The van der Waals surface area contributed by atoms with Crippen LogP contribution in [0.3, 0.4) is 0 Å². The van der Waals surface area contributed by atoms with Crippen LogP contribution >= 0.6 is 0 Å². The third-order valence-corrected chi connectivity index (χ3v) is 9.41. The Morgan fingerprint density at radius 2 is 1.23 bits per heavy atom. The fourth-order valence-electron chi connectivity index (χ4n) is 7.42. The van der Waals surface area contributed by atoms with E-state index in [0.717, 1.165) is 35.5 Å². The van der Waals surface area contributed by atoms with Gasteiger partial charge in [0.1, 0.15) is 0 Å². The van der Waals surface area contributed by atoms with E-state index in [-0.39, 0.29) is 0 Å². The molecule has 0 N–H and O–H groups in total. The molecule has 4 atom stereocenters. The van der Waals surface area contributed by atoms with Crippen molar-refractivity contribution in [3.63, 3.8) is 0 Å². The van der Waals surface area contributed by atoms with E-state index in [1.54, 1.807) is 50.5 Å². The SMILES string of the molecule is CCCCCCC1CCC(CCC2CCC3CC(c4ccccc4)CCC3C2)CC1. The summed E-state index contributed by atoms with van der Waals surface area (Å²) < 4.78 is 0. The number of hydrogen-bond donors (Lipinski definition) is 0. The molecular weight excluding hydrogens is 360 g/mol. The van der Waals surface area contributed by atoms with Gasteiger partial charge in [0.2, 0.25) is 0 Å². The lowest BCUT2D eigenvalue weighted by Gasteiger charge is -2.42. The van der Waals surface area contributed by atoms with Crippen LogP contribution in [0.4, 0.5) is 0 Å². The highest BCUT2D eigenvalue weighted by molar-refractivity contribution is 5.20. The predicted molar refractivity (Wildman–Crippen MR) is 131 cm³/mol. The summed E-state index contributed by atoms with van der Waals surface area (Å²) in [6.07, 6.45) is 25.7. The quantitative estimate of drug-likeness (QED) is 0.357. The van der Waals surface area contributed by atoms with Crippen molar-refractivity contribution in [3.05, 3.63) is 35.9 Å². The Bertz CT molecular complexity index is 581. The van der Waals surface area contributed by atoms with E-state index < -0.39 is 0 Å². The van der Waals surface area contributed by atoms with E-state index in [0.29, 0.717) is 0 Å². The molecule has 0 aliphatic heterocycles. The first kappa shape index (κ1) is 22.4. The largest absolute Gasteiger partial charge is 0.0654 e. The van der Waals surface area contributed by atoms with Crippen LogP contribution in [-0.2, 0) is 0 Å². The van der Waals surface area contributed by atoms with Gasteiger partial charge in [-0.3, -0.25) is 0 Å². The topological polar surface area (TPSA) is 0 Å². The molecule has 0 heterocycles. The first-order chi connectivity index (χ1) is 14.8. The minimum atomic E-state index is 0.848. The fourth-order valence-corrected chi connectivity index (χ4v) is 7.42. The van der Waals surface area contributed by atoms with Crippen LogP contribution in [0.2, 0.25) is 0 Å². The van der Waals surface area contributed by atoms with Crippen molar-refractivity contribution in [1.29, 1.82) is 0 Å². The molecular formula is C30H48. The summed E-state index contributed by atoms with van der Waals surface area (Å²) in [5.74, 6) is 6.15. The Hall–Kier alpha value is -0.780. The van der Waals surface area contributed by atoms with Gasteiger partial charge in [-0.25, -0.2) is 0 Å². The molecule has 0 heteroatoms. The maximum Gasteiger partial charge on any atom is -0.0159 e. The Morgan fingerprint density at radius 1 is 0.600 bits per heavy atom. The minimum absolute atomic E-state index is 0.848. The average Bonchev–Trinajstić information content (AvgIpc) is 2.81. The van der Waals surface area contributed by atoms with Crippen molar-refractivity contribution in [1.82, 2.24) is 0 Å². The summed E-state index contributed by atoms with van der Waals surface area (Å²) in [6, 6.07) is 11.4. The lowest BCUT2D eigenvalue weighted by molar-refractivity contribution is 0.108. The highest BCUT2D eigenvalue weighted by atomic mass is 14.4. The summed E-state index contributed by atoms with van der Waals surface area (Å²) >= 11 is 0. The predicted octanol–water partition coefficient (Wildman–Crippen LogP) is 9.54. The number of fused-ring (bicyclic) bond motifs is 1. The molecule has 3 aliphatic carbocycles. The molecule has 0 bridgehead atoms. The average molecular weight is 409 g/mol. The summed E-state index contributed by atoms with van der Waals surface area (Å²) in [7, 11) is 0. The molecule has 168 valence electrons. The summed E-state index contributed by atoms with van der Waals surface area (Å²) in [5.41, 5.74) is 1.61. The molecule has 30 heavy (non-hydrogen) atoms. The molecule has 0 spiro atoms. The molecule has 3 saturated carbocycles. The second-order valence-corrected chi connectivity index (χ2v) is 11.4. The summed E-state index contributed by atoms with van der Waals surface area (Å²) in [6.45, 7) is 2.33. The third-order valence-electron chi connectivity index (χ3n) is 9.41. The number of benzene rings is 1. The van der Waals surface area contributed by atoms with Crippen LogP contribution in [0, 0.1) is 29.6 Å². The van der Waals surface area contributed by atoms with Gasteiger partial charge in [0.05, 0.1) is 0 Å². The first-order valence-corrected chi connectivity index (χ1v) is 13.9. The van der Waals surface area contributed by atoms with Gasteiger partial charge < -0.3 is 0 Å². The Morgan fingerprint density at radius 3 is 2.00 bits per heavy atom. The maximum atomic E-state index is 2.37. The molecule has 3 fully saturated rings. The van der Waals surface area contributed by atoms with Crippen LogP contribution in [0.5, 0.6) is 0 Å². The van der Waals surface area contributed by atoms with E-state index in [9.17, 15) is 0 Å². The molecule has 1 aromatic carbocycles. The molecule has 3 aliphatic rings. The van der Waals surface area contributed by atoms with Crippen molar-refractivity contribution in [2.45, 2.75) is 122 Å². The van der Waals surface area contributed by atoms with E-state index in [4.69, 9.17) is 0 Å². The van der Waals surface area contributed by atoms with E-state index >= 15 is 0 Å². The van der Waals surface area contributed by atoms with Crippen molar-refractivity contribution < 1.29 is 0 Å². The molecule has 0 saturated heterocycles. The highest BCUT2D eigenvalue weighted by Crippen LogP contribution is 2.48. The fraction of sp³-hybridized carbons (Fsp3) is 0.800. The third kappa shape index (κ3) is 6.37.